The number of nitrogen functional groups attached to an aromatic ring is 1. The zero-order valence-corrected chi connectivity index (χ0v) is 18.5. The zero-order chi connectivity index (χ0) is 20.4. The van der Waals surface area contributed by atoms with Crippen LogP contribution in [0.4, 0.5) is 5.82 Å². The third kappa shape index (κ3) is 4.41. The molecule has 6 nitrogen and oxygen atoms in total. The van der Waals surface area contributed by atoms with Crippen LogP contribution in [0.5, 0.6) is 0 Å². The molecule has 1 aliphatic heterocycles. The fourth-order valence-electron chi connectivity index (χ4n) is 4.97. The summed E-state index contributed by atoms with van der Waals surface area (Å²) in [6.07, 6.45) is 5.63. The lowest BCUT2D eigenvalue weighted by Gasteiger charge is -2.45. The number of anilines is 1. The highest BCUT2D eigenvalue weighted by Crippen LogP contribution is 2.42. The van der Waals surface area contributed by atoms with Crippen LogP contribution in [0.15, 0.2) is 36.4 Å². The van der Waals surface area contributed by atoms with Gasteiger partial charge in [0.1, 0.15) is 5.82 Å². The lowest BCUT2D eigenvalue weighted by molar-refractivity contribution is -0.139. The lowest BCUT2D eigenvalue weighted by atomic mass is 9.68. The van der Waals surface area contributed by atoms with E-state index in [4.69, 9.17) is 23.1 Å². The van der Waals surface area contributed by atoms with E-state index in [1.165, 1.54) is 5.56 Å². The molecule has 1 aromatic heterocycles. The number of nitrogens with two attached hydrogens (primary N) is 2. The molecule has 8 heteroatoms. The van der Waals surface area contributed by atoms with Gasteiger partial charge in [-0.25, -0.2) is 0 Å². The van der Waals surface area contributed by atoms with Gasteiger partial charge in [0, 0.05) is 29.6 Å². The summed E-state index contributed by atoms with van der Waals surface area (Å²) in [5.41, 5.74) is 13.8. The molecule has 162 valence electrons. The van der Waals surface area contributed by atoms with Crippen molar-refractivity contribution < 1.29 is 4.79 Å². The SMILES string of the molecule is Cl.NC[C@]1(c2cccc(Cl)c2)CC[C@@H](N2CCCC(c3ccc(N)nn3)C2=O)CC1. The number of aromatic nitrogens is 2. The molecule has 1 atom stereocenters. The van der Waals surface area contributed by atoms with Gasteiger partial charge in [-0.05, 0) is 68.4 Å². The van der Waals surface area contributed by atoms with Crippen molar-refractivity contribution in [3.8, 4) is 0 Å². The number of nitrogens with zero attached hydrogens (tertiary/aromatic N) is 3. The number of carbonyl (C=O) groups excluding carboxylic acids is 1. The van der Waals surface area contributed by atoms with Crippen molar-refractivity contribution in [2.24, 2.45) is 5.73 Å². The molecule has 1 saturated heterocycles. The van der Waals surface area contributed by atoms with Gasteiger partial charge in [0.2, 0.25) is 5.91 Å². The van der Waals surface area contributed by atoms with Gasteiger partial charge in [0.25, 0.3) is 0 Å². The molecule has 4 N–H and O–H groups in total. The number of benzene rings is 1. The van der Waals surface area contributed by atoms with Gasteiger partial charge in [-0.2, -0.15) is 5.10 Å². The van der Waals surface area contributed by atoms with E-state index in [0.717, 1.165) is 55.8 Å². The molecule has 1 amide bonds. The predicted molar refractivity (Wildman–Crippen MR) is 122 cm³/mol. The minimum Gasteiger partial charge on any atom is -0.382 e. The molecule has 2 fully saturated rings. The Morgan fingerprint density at radius 2 is 1.90 bits per heavy atom. The molecule has 2 heterocycles. The predicted octanol–water partition coefficient (Wildman–Crippen LogP) is 3.68. The van der Waals surface area contributed by atoms with Gasteiger partial charge in [-0.1, -0.05) is 23.7 Å². The first-order valence-electron chi connectivity index (χ1n) is 10.4. The van der Waals surface area contributed by atoms with Gasteiger partial charge < -0.3 is 16.4 Å². The quantitative estimate of drug-likeness (QED) is 0.741. The minimum atomic E-state index is -0.217. The summed E-state index contributed by atoms with van der Waals surface area (Å²) < 4.78 is 0. The van der Waals surface area contributed by atoms with Crippen LogP contribution in [0.2, 0.25) is 5.02 Å². The third-order valence-corrected chi connectivity index (χ3v) is 6.95. The van der Waals surface area contributed by atoms with Crippen LogP contribution in [-0.4, -0.2) is 40.1 Å². The molecule has 1 aromatic carbocycles. The van der Waals surface area contributed by atoms with Crippen LogP contribution < -0.4 is 11.5 Å². The minimum absolute atomic E-state index is 0. The van der Waals surface area contributed by atoms with Crippen LogP contribution in [0.25, 0.3) is 0 Å². The standard InChI is InChI=1S/C22H28ClN5O.ClH/c23-16-4-1-3-15(13-16)22(14-24)10-8-17(9-11-22)28-12-2-5-18(21(28)29)19-6-7-20(25)27-26-19;/h1,3-4,6-7,13,17-18H,2,5,8-12,14,24H2,(H2,25,27);1H/t17-,18?,22+;. The number of hydrogen-bond donors (Lipinski definition) is 2. The Morgan fingerprint density at radius 3 is 2.53 bits per heavy atom. The second-order valence-corrected chi connectivity index (χ2v) is 8.77. The number of likely N-dealkylation sites (tertiary alicyclic amines) is 1. The van der Waals surface area contributed by atoms with Crippen molar-refractivity contribution in [1.82, 2.24) is 15.1 Å². The van der Waals surface area contributed by atoms with Gasteiger partial charge in [0.05, 0.1) is 11.6 Å². The van der Waals surface area contributed by atoms with Gasteiger partial charge in [-0.15, -0.1) is 17.5 Å². The monoisotopic (exact) mass is 449 g/mol. The first kappa shape index (κ1) is 22.8. The number of halogens is 2. The Balaban J connectivity index is 0.00000256. The van der Waals surface area contributed by atoms with Crippen molar-refractivity contribution in [3.63, 3.8) is 0 Å². The number of piperidine rings is 1. The molecule has 2 aliphatic rings. The summed E-state index contributed by atoms with van der Waals surface area (Å²) in [4.78, 5) is 15.3. The van der Waals surface area contributed by atoms with Crippen LogP contribution in [-0.2, 0) is 10.2 Å². The number of carbonyl (C=O) groups is 1. The highest BCUT2D eigenvalue weighted by Gasteiger charge is 2.41. The Hall–Kier alpha value is -1.89. The summed E-state index contributed by atoms with van der Waals surface area (Å²) >= 11 is 6.22. The van der Waals surface area contributed by atoms with Crippen LogP contribution in [0, 0.1) is 0 Å². The number of hydrogen-bond acceptors (Lipinski definition) is 5. The maximum atomic E-state index is 13.2. The maximum Gasteiger partial charge on any atom is 0.232 e. The van der Waals surface area contributed by atoms with E-state index >= 15 is 0 Å². The smallest absolute Gasteiger partial charge is 0.232 e. The molecular formula is C22H29Cl2N5O. The third-order valence-electron chi connectivity index (χ3n) is 6.72. The average Bonchev–Trinajstić information content (AvgIpc) is 2.75. The average molecular weight is 450 g/mol. The second kappa shape index (κ2) is 9.50. The van der Waals surface area contributed by atoms with Gasteiger partial charge >= 0.3 is 0 Å². The summed E-state index contributed by atoms with van der Waals surface area (Å²) in [7, 11) is 0. The van der Waals surface area contributed by atoms with E-state index in [0.29, 0.717) is 12.4 Å². The first-order valence-corrected chi connectivity index (χ1v) is 10.8. The molecule has 30 heavy (non-hydrogen) atoms. The second-order valence-electron chi connectivity index (χ2n) is 8.34. The molecule has 1 aliphatic carbocycles. The fourth-order valence-corrected chi connectivity index (χ4v) is 5.16. The van der Waals surface area contributed by atoms with Crippen LogP contribution >= 0.6 is 24.0 Å². The van der Waals surface area contributed by atoms with Crippen molar-refractivity contribution >= 4 is 35.7 Å². The normalized spacial score (nSPS) is 26.9. The van der Waals surface area contributed by atoms with E-state index in [1.807, 2.05) is 24.3 Å². The molecule has 0 radical (unpaired) electrons. The molecule has 1 unspecified atom stereocenters. The summed E-state index contributed by atoms with van der Waals surface area (Å²) in [5.74, 6) is 0.328. The van der Waals surface area contributed by atoms with E-state index in [9.17, 15) is 4.79 Å². The zero-order valence-electron chi connectivity index (χ0n) is 17.0. The molecule has 1 saturated carbocycles. The Labute approximate surface area is 188 Å². The highest BCUT2D eigenvalue weighted by atomic mass is 35.5. The largest absolute Gasteiger partial charge is 0.382 e. The molecular weight excluding hydrogens is 421 g/mol. The van der Waals surface area contributed by atoms with Crippen molar-refractivity contribution in [1.29, 1.82) is 0 Å². The van der Waals surface area contributed by atoms with E-state index in [-0.39, 0.29) is 35.7 Å². The Bertz CT molecular complexity index is 868. The highest BCUT2D eigenvalue weighted by molar-refractivity contribution is 6.30. The van der Waals surface area contributed by atoms with Crippen molar-refractivity contribution in [2.45, 2.75) is 55.9 Å². The molecule has 4 rings (SSSR count). The summed E-state index contributed by atoms with van der Waals surface area (Å²) in [6, 6.07) is 11.9. The number of amides is 1. The van der Waals surface area contributed by atoms with Crippen LogP contribution in [0.3, 0.4) is 0 Å². The van der Waals surface area contributed by atoms with E-state index in [1.54, 1.807) is 6.07 Å². The topological polar surface area (TPSA) is 98.1 Å². The summed E-state index contributed by atoms with van der Waals surface area (Å²) in [6.45, 7) is 1.41. The van der Waals surface area contributed by atoms with Crippen molar-refractivity contribution in [2.75, 3.05) is 18.8 Å². The van der Waals surface area contributed by atoms with E-state index in [2.05, 4.69) is 21.2 Å². The van der Waals surface area contributed by atoms with Crippen molar-refractivity contribution in [3.05, 3.63) is 52.7 Å². The fraction of sp³-hybridized carbons (Fsp3) is 0.500. The Kier molecular flexibility index (Phi) is 7.22. The lowest BCUT2D eigenvalue weighted by Crippen LogP contribution is -2.50. The van der Waals surface area contributed by atoms with Gasteiger partial charge in [0.15, 0.2) is 0 Å². The van der Waals surface area contributed by atoms with Crippen LogP contribution in [0.1, 0.15) is 55.7 Å². The number of rotatable bonds is 4. The van der Waals surface area contributed by atoms with E-state index < -0.39 is 0 Å². The van der Waals surface area contributed by atoms with Gasteiger partial charge in [-0.3, -0.25) is 4.79 Å². The first-order chi connectivity index (χ1) is 14.0. The molecule has 0 spiro atoms. The Morgan fingerprint density at radius 1 is 1.13 bits per heavy atom. The molecule has 0 bridgehead atoms. The summed E-state index contributed by atoms with van der Waals surface area (Å²) in [5, 5.41) is 8.84. The molecule has 2 aromatic rings. The maximum absolute atomic E-state index is 13.2.